The van der Waals surface area contributed by atoms with Gasteiger partial charge >= 0.3 is 7.12 Å². The minimum Gasteiger partial charge on any atom is -0.426 e. The molecule has 188 valence electrons. The van der Waals surface area contributed by atoms with Crippen LogP contribution in [-0.2, 0) is 22.4 Å². The van der Waals surface area contributed by atoms with Crippen LogP contribution in [0.3, 0.4) is 0 Å². The molecule has 0 aromatic heterocycles. The van der Waals surface area contributed by atoms with E-state index in [1.54, 1.807) is 0 Å². The van der Waals surface area contributed by atoms with Gasteiger partial charge in [0.25, 0.3) is 0 Å². The SMILES string of the molecule is Cc1ccc(C)cc1.O=C(CC(NC(=O)C1CCc2ccccc2C1)c1ccccc1)NCB(O)O. The van der Waals surface area contributed by atoms with Crippen LogP contribution in [0, 0.1) is 19.8 Å². The van der Waals surface area contributed by atoms with Crippen molar-refractivity contribution in [2.24, 2.45) is 5.92 Å². The number of amides is 2. The highest BCUT2D eigenvalue weighted by atomic mass is 16.4. The van der Waals surface area contributed by atoms with E-state index in [0.717, 1.165) is 18.4 Å². The Hall–Kier alpha value is -3.42. The second-order valence-electron chi connectivity index (χ2n) is 9.32. The van der Waals surface area contributed by atoms with Crippen molar-refractivity contribution in [2.75, 3.05) is 6.44 Å². The smallest absolute Gasteiger partial charge is 0.426 e. The largest absolute Gasteiger partial charge is 0.472 e. The number of benzene rings is 3. The summed E-state index contributed by atoms with van der Waals surface area (Å²) in [6, 6.07) is 25.5. The van der Waals surface area contributed by atoms with E-state index in [0.29, 0.717) is 6.42 Å². The summed E-state index contributed by atoms with van der Waals surface area (Å²) in [4.78, 5) is 25.1. The Balaban J connectivity index is 0.000000383. The summed E-state index contributed by atoms with van der Waals surface area (Å²) in [6.07, 6.45) is 2.15. The summed E-state index contributed by atoms with van der Waals surface area (Å²) < 4.78 is 0. The molecule has 4 rings (SSSR count). The molecule has 0 fully saturated rings. The van der Waals surface area contributed by atoms with Crippen molar-refractivity contribution in [3.63, 3.8) is 0 Å². The predicted octanol–water partition coefficient (Wildman–Crippen LogP) is 3.47. The third-order valence-electron chi connectivity index (χ3n) is 6.33. The lowest BCUT2D eigenvalue weighted by Crippen LogP contribution is -2.40. The van der Waals surface area contributed by atoms with E-state index in [4.69, 9.17) is 10.0 Å². The molecule has 0 aliphatic heterocycles. The van der Waals surface area contributed by atoms with Gasteiger partial charge in [0, 0.05) is 5.92 Å². The second-order valence-corrected chi connectivity index (χ2v) is 9.32. The molecule has 0 bridgehead atoms. The standard InChI is InChI=1S/C21H25BN2O4.C8H10/c25-20(23-14-22(27)28)13-19(16-7-2-1-3-8-16)24-21(26)18-11-10-15-6-4-5-9-17(15)12-18;1-7-3-5-8(2)6-4-7/h1-9,18-19,27-28H,10-14H2,(H,23,25)(H,24,26);3-6H,1-2H3. The molecule has 0 saturated heterocycles. The van der Waals surface area contributed by atoms with E-state index < -0.39 is 13.2 Å². The fourth-order valence-corrected chi connectivity index (χ4v) is 4.25. The Kier molecular flexibility index (Phi) is 10.3. The molecule has 2 unspecified atom stereocenters. The van der Waals surface area contributed by atoms with Crippen molar-refractivity contribution in [3.8, 4) is 0 Å². The van der Waals surface area contributed by atoms with E-state index in [1.165, 1.54) is 22.3 Å². The van der Waals surface area contributed by atoms with E-state index in [2.05, 4.69) is 60.9 Å². The van der Waals surface area contributed by atoms with Gasteiger partial charge in [0.2, 0.25) is 11.8 Å². The van der Waals surface area contributed by atoms with E-state index >= 15 is 0 Å². The van der Waals surface area contributed by atoms with Crippen LogP contribution in [0.25, 0.3) is 0 Å². The van der Waals surface area contributed by atoms with Crippen LogP contribution in [0.4, 0.5) is 0 Å². The molecule has 0 saturated carbocycles. The highest BCUT2D eigenvalue weighted by Gasteiger charge is 2.27. The van der Waals surface area contributed by atoms with Crippen LogP contribution in [0.1, 0.15) is 46.7 Å². The lowest BCUT2D eigenvalue weighted by atomic mass is 9.83. The van der Waals surface area contributed by atoms with Gasteiger partial charge in [-0.05, 0) is 49.8 Å². The van der Waals surface area contributed by atoms with Gasteiger partial charge in [0.15, 0.2) is 0 Å². The number of carbonyl (C=O) groups is 2. The van der Waals surface area contributed by atoms with Gasteiger partial charge in [-0.1, -0.05) is 90.0 Å². The van der Waals surface area contributed by atoms with Gasteiger partial charge in [-0.2, -0.15) is 0 Å². The number of aryl methyl sites for hydroxylation is 3. The topological polar surface area (TPSA) is 98.7 Å². The van der Waals surface area contributed by atoms with Crippen LogP contribution in [0.5, 0.6) is 0 Å². The molecule has 0 heterocycles. The van der Waals surface area contributed by atoms with E-state index in [-0.39, 0.29) is 30.6 Å². The average Bonchev–Trinajstić information content (AvgIpc) is 2.89. The van der Waals surface area contributed by atoms with Gasteiger partial charge in [-0.25, -0.2) is 0 Å². The molecule has 6 nitrogen and oxygen atoms in total. The minimum absolute atomic E-state index is 0.0335. The molecule has 36 heavy (non-hydrogen) atoms. The molecular formula is C29H35BN2O4. The fraction of sp³-hybridized carbons (Fsp3) is 0.310. The first-order valence-electron chi connectivity index (χ1n) is 12.4. The zero-order valence-electron chi connectivity index (χ0n) is 21.0. The quantitative estimate of drug-likeness (QED) is 0.385. The summed E-state index contributed by atoms with van der Waals surface area (Å²) in [5.41, 5.74) is 6.01. The Bertz CT molecular complexity index is 1100. The predicted molar refractivity (Wildman–Crippen MR) is 143 cm³/mol. The van der Waals surface area contributed by atoms with Crippen molar-refractivity contribution in [3.05, 3.63) is 107 Å². The minimum atomic E-state index is -1.60. The molecule has 1 aliphatic carbocycles. The van der Waals surface area contributed by atoms with Gasteiger partial charge in [0.05, 0.1) is 18.9 Å². The number of nitrogens with one attached hydrogen (secondary N) is 2. The highest BCUT2D eigenvalue weighted by Crippen LogP contribution is 2.27. The van der Waals surface area contributed by atoms with Gasteiger partial charge in [0.1, 0.15) is 0 Å². The monoisotopic (exact) mass is 486 g/mol. The van der Waals surface area contributed by atoms with Gasteiger partial charge < -0.3 is 20.7 Å². The Morgan fingerprint density at radius 2 is 1.47 bits per heavy atom. The van der Waals surface area contributed by atoms with Crippen molar-refractivity contribution < 1.29 is 19.6 Å². The molecule has 2 atom stereocenters. The first kappa shape index (κ1) is 27.2. The van der Waals surface area contributed by atoms with Crippen molar-refractivity contribution in [1.29, 1.82) is 0 Å². The third-order valence-corrected chi connectivity index (χ3v) is 6.33. The highest BCUT2D eigenvalue weighted by molar-refractivity contribution is 6.41. The van der Waals surface area contributed by atoms with Crippen LogP contribution in [0.2, 0.25) is 0 Å². The molecule has 7 heteroatoms. The number of rotatable bonds is 7. The van der Waals surface area contributed by atoms with E-state index in [1.807, 2.05) is 42.5 Å². The maximum absolute atomic E-state index is 12.9. The summed E-state index contributed by atoms with van der Waals surface area (Å²) in [5.74, 6) is -0.530. The lowest BCUT2D eigenvalue weighted by molar-refractivity contribution is -0.126. The van der Waals surface area contributed by atoms with Crippen molar-refractivity contribution in [2.45, 2.75) is 45.6 Å². The molecular weight excluding hydrogens is 451 g/mol. The number of hydrogen-bond acceptors (Lipinski definition) is 4. The molecule has 3 aromatic rings. The zero-order valence-corrected chi connectivity index (χ0v) is 21.0. The van der Waals surface area contributed by atoms with Crippen LogP contribution < -0.4 is 10.6 Å². The lowest BCUT2D eigenvalue weighted by Gasteiger charge is -2.26. The number of fused-ring (bicyclic) bond motifs is 1. The zero-order chi connectivity index (χ0) is 25.9. The molecule has 2 amide bonds. The van der Waals surface area contributed by atoms with Crippen LogP contribution in [-0.4, -0.2) is 35.4 Å². The fourth-order valence-electron chi connectivity index (χ4n) is 4.25. The maximum atomic E-state index is 12.9. The van der Waals surface area contributed by atoms with Gasteiger partial charge in [-0.15, -0.1) is 0 Å². The normalized spacial score (nSPS) is 14.9. The number of carbonyl (C=O) groups excluding carboxylic acids is 2. The van der Waals surface area contributed by atoms with Crippen LogP contribution in [0.15, 0.2) is 78.9 Å². The molecule has 3 aromatic carbocycles. The summed E-state index contributed by atoms with van der Waals surface area (Å²) in [7, 11) is -1.60. The summed E-state index contributed by atoms with van der Waals surface area (Å²) in [6.45, 7) is 4.19. The molecule has 1 aliphatic rings. The Labute approximate surface area is 213 Å². The third kappa shape index (κ3) is 8.66. The van der Waals surface area contributed by atoms with Gasteiger partial charge in [-0.3, -0.25) is 9.59 Å². The number of hydrogen-bond donors (Lipinski definition) is 4. The van der Waals surface area contributed by atoms with Crippen molar-refractivity contribution >= 4 is 18.9 Å². The molecule has 0 spiro atoms. The molecule has 0 radical (unpaired) electrons. The molecule has 4 N–H and O–H groups in total. The Morgan fingerprint density at radius 3 is 2.08 bits per heavy atom. The Morgan fingerprint density at radius 1 is 0.889 bits per heavy atom. The van der Waals surface area contributed by atoms with E-state index in [9.17, 15) is 9.59 Å². The van der Waals surface area contributed by atoms with Crippen LogP contribution >= 0.6 is 0 Å². The first-order chi connectivity index (χ1) is 17.3. The maximum Gasteiger partial charge on any atom is 0.472 e. The average molecular weight is 486 g/mol. The summed E-state index contributed by atoms with van der Waals surface area (Å²) in [5, 5.41) is 23.3. The first-order valence-corrected chi connectivity index (χ1v) is 12.4. The second kappa shape index (κ2) is 13.6. The van der Waals surface area contributed by atoms with Crippen molar-refractivity contribution in [1.82, 2.24) is 10.6 Å². The summed E-state index contributed by atoms with van der Waals surface area (Å²) >= 11 is 0.